The molecule has 0 spiro atoms. The van der Waals surface area contributed by atoms with E-state index in [9.17, 15) is 15.0 Å². The summed E-state index contributed by atoms with van der Waals surface area (Å²) in [5.74, 6) is 17.8. The molecule has 2 aliphatic heterocycles. The molecule has 6 N–H and O–H groups in total. The number of hydrazine groups is 1. The topological polar surface area (TPSA) is 178 Å². The minimum absolute atomic E-state index is 0.131. The predicted molar refractivity (Wildman–Crippen MR) is 221 cm³/mol. The first kappa shape index (κ1) is 41.5. The number of allylic oxidation sites excluding steroid dienone is 4. The average Bonchev–Trinajstić information content (AvgIpc) is 3.57. The number of ether oxygens (including phenoxy) is 4. The zero-order chi connectivity index (χ0) is 41.5. The van der Waals surface area contributed by atoms with Crippen LogP contribution >= 0.6 is 0 Å². The molecule has 1 aromatic carbocycles. The molecule has 8 unspecified atom stereocenters. The van der Waals surface area contributed by atoms with Crippen LogP contribution in [0, 0.1) is 46.9 Å². The number of nitrogens with two attached hydrogens (primary N) is 1. The van der Waals surface area contributed by atoms with E-state index >= 15 is 4.79 Å². The number of anilines is 1. The van der Waals surface area contributed by atoms with Crippen molar-refractivity contribution >= 4 is 39.1 Å². The van der Waals surface area contributed by atoms with Gasteiger partial charge in [0.15, 0.2) is 29.7 Å². The van der Waals surface area contributed by atoms with Crippen molar-refractivity contribution in [1.29, 1.82) is 0 Å². The molecule has 4 aliphatic rings. The van der Waals surface area contributed by atoms with Gasteiger partial charge in [0.2, 0.25) is 0 Å². The molecule has 12 nitrogen and oxygen atoms in total. The number of nitrogen functional groups attached to an aromatic ring is 1. The SMILES string of the molecule is CC/C=C1\C2=C(C)C(=O)C[C@@]1(O)C#C/C=C\C#C[C@@H]2OC1OC(C)C(C)(C(=O)c2nccc3c2[nH]c2ccc(NN)cc23)C(O)C1OC1CC(C)C(CC(C)C)CO1. The number of aliphatic hydroxyl groups is 2. The third-order valence-corrected chi connectivity index (χ3v) is 12.4. The van der Waals surface area contributed by atoms with E-state index in [0.717, 1.165) is 22.7 Å². The Morgan fingerprint density at radius 2 is 1.97 bits per heavy atom. The van der Waals surface area contributed by atoms with Crippen LogP contribution in [0.4, 0.5) is 5.69 Å². The third kappa shape index (κ3) is 7.55. The van der Waals surface area contributed by atoms with Crippen molar-refractivity contribution in [2.24, 2.45) is 29.0 Å². The lowest BCUT2D eigenvalue weighted by molar-refractivity contribution is -0.339. The number of ketones is 2. The van der Waals surface area contributed by atoms with Crippen LogP contribution in [0.3, 0.4) is 0 Å². The fourth-order valence-corrected chi connectivity index (χ4v) is 8.84. The van der Waals surface area contributed by atoms with Crippen LogP contribution in [-0.2, 0) is 23.7 Å². The van der Waals surface area contributed by atoms with Crippen LogP contribution in [-0.4, -0.2) is 81.0 Å². The van der Waals surface area contributed by atoms with E-state index in [1.54, 1.807) is 33.0 Å². The highest BCUT2D eigenvalue weighted by Crippen LogP contribution is 2.45. The van der Waals surface area contributed by atoms with E-state index < -0.39 is 53.8 Å². The molecule has 2 aliphatic carbocycles. The van der Waals surface area contributed by atoms with Gasteiger partial charge in [0.05, 0.1) is 30.1 Å². The monoisotopic (exact) mass is 790 g/mol. The van der Waals surface area contributed by atoms with Crippen LogP contribution < -0.4 is 11.3 Å². The van der Waals surface area contributed by atoms with Crippen LogP contribution in [0.15, 0.2) is 65.4 Å². The van der Waals surface area contributed by atoms with Crippen LogP contribution in [0.25, 0.3) is 21.8 Å². The van der Waals surface area contributed by atoms with Gasteiger partial charge in [-0.3, -0.25) is 20.4 Å². The first-order valence-electron chi connectivity index (χ1n) is 20.2. The van der Waals surface area contributed by atoms with Gasteiger partial charge in [-0.1, -0.05) is 57.5 Å². The van der Waals surface area contributed by atoms with Crippen molar-refractivity contribution in [3.05, 3.63) is 71.1 Å². The van der Waals surface area contributed by atoms with E-state index in [1.165, 1.54) is 6.08 Å². The van der Waals surface area contributed by atoms with Crippen LogP contribution in [0.2, 0.25) is 0 Å². The molecule has 4 heterocycles. The highest BCUT2D eigenvalue weighted by Gasteiger charge is 2.59. The number of Topliss-reactive ketones (excluding diaryl/α,β-unsaturated/α-hetero) is 2. The molecule has 2 fully saturated rings. The van der Waals surface area contributed by atoms with Crippen LogP contribution in [0.5, 0.6) is 0 Å². The summed E-state index contributed by atoms with van der Waals surface area (Å²) >= 11 is 0. The molecule has 3 aromatic rings. The molecule has 0 saturated carbocycles. The molecular weight excluding hydrogens is 737 g/mol. The summed E-state index contributed by atoms with van der Waals surface area (Å²) in [4.78, 5) is 36.4. The van der Waals surface area contributed by atoms with E-state index in [2.05, 4.69) is 59.8 Å². The molecule has 7 rings (SSSR count). The quantitative estimate of drug-likeness (QED) is 0.0700. The maximum absolute atomic E-state index is 15.0. The lowest BCUT2D eigenvalue weighted by Gasteiger charge is -2.50. The molecule has 2 bridgehead atoms. The number of fused-ring (bicyclic) bond motifs is 5. The number of nitrogens with zero attached hydrogens (tertiary/aromatic N) is 1. The number of pyridine rings is 1. The number of H-pyrrole nitrogens is 1. The van der Waals surface area contributed by atoms with Crippen molar-refractivity contribution in [3.8, 4) is 23.7 Å². The molecule has 0 amide bonds. The predicted octanol–water partition coefficient (Wildman–Crippen LogP) is 6.05. The second kappa shape index (κ2) is 16.6. The Labute approximate surface area is 339 Å². The normalized spacial score (nSPS) is 33.8. The smallest absolute Gasteiger partial charge is 0.194 e. The Balaban J connectivity index is 1.29. The Morgan fingerprint density at radius 1 is 1.19 bits per heavy atom. The Morgan fingerprint density at radius 3 is 2.69 bits per heavy atom. The maximum atomic E-state index is 15.0. The summed E-state index contributed by atoms with van der Waals surface area (Å²) in [5, 5.41) is 26.1. The fourth-order valence-electron chi connectivity index (χ4n) is 8.84. The highest BCUT2D eigenvalue weighted by atomic mass is 16.7. The van der Waals surface area contributed by atoms with Gasteiger partial charge >= 0.3 is 0 Å². The van der Waals surface area contributed by atoms with E-state index in [4.69, 9.17) is 24.8 Å². The molecule has 306 valence electrons. The number of hydrogen-bond acceptors (Lipinski definition) is 11. The number of carbonyl (C=O) groups is 2. The summed E-state index contributed by atoms with van der Waals surface area (Å²) in [6.07, 6.45) is 1.47. The first-order valence-corrected chi connectivity index (χ1v) is 20.2. The van der Waals surface area contributed by atoms with Gasteiger partial charge < -0.3 is 39.6 Å². The fraction of sp³-hybridized carbons (Fsp3) is 0.500. The van der Waals surface area contributed by atoms with Crippen molar-refractivity contribution in [2.75, 3.05) is 12.0 Å². The standard InChI is InChI=1S/C46H54N4O8/c1-8-13-33-38-27(5)35(51)23-46(33,54)18-12-10-9-11-14-36(38)57-44-41(58-37-21-26(4)29(24-55-37)20-25(2)3)43(53)45(7,28(6)56-44)42(52)40-39-31(17-19-48-40)32-22-30(50-47)15-16-34(32)49-39/h9-10,13,15-17,19,22,25-26,28-29,36-37,41,43-44,49-50,53-54H,8,20-21,23-24,47H2,1-7H3/b10-9-,33-13+/t26?,28?,29?,36-,37?,41?,43?,44?,45?,46-/m0/s1. The number of carbonyl (C=O) groups excluding carboxylic acids is 2. The Bertz CT molecular complexity index is 2320. The number of aromatic amines is 1. The van der Waals surface area contributed by atoms with Crippen LogP contribution in [0.1, 0.15) is 84.6 Å². The number of benzene rings is 1. The van der Waals surface area contributed by atoms with Crippen molar-refractivity contribution in [2.45, 2.75) is 117 Å². The largest absolute Gasteiger partial charge is 0.389 e. The Kier molecular flexibility index (Phi) is 11.9. The van der Waals surface area contributed by atoms with E-state index in [0.29, 0.717) is 59.2 Å². The highest BCUT2D eigenvalue weighted by molar-refractivity contribution is 6.16. The molecule has 58 heavy (non-hydrogen) atoms. The molecule has 0 radical (unpaired) electrons. The van der Waals surface area contributed by atoms with Gasteiger partial charge in [0, 0.05) is 40.2 Å². The van der Waals surface area contributed by atoms with Crippen molar-refractivity contribution in [3.63, 3.8) is 0 Å². The van der Waals surface area contributed by atoms with Crippen molar-refractivity contribution < 1.29 is 38.7 Å². The molecule has 2 saturated heterocycles. The summed E-state index contributed by atoms with van der Waals surface area (Å²) in [7, 11) is 0. The summed E-state index contributed by atoms with van der Waals surface area (Å²) in [5.41, 5.74) is 2.61. The second-order valence-electron chi connectivity index (χ2n) is 16.7. The summed E-state index contributed by atoms with van der Waals surface area (Å²) in [6.45, 7) is 14.0. The molecule has 10 atom stereocenters. The number of aliphatic hydroxyl groups excluding tert-OH is 1. The van der Waals surface area contributed by atoms with Gasteiger partial charge in [-0.2, -0.15) is 0 Å². The van der Waals surface area contributed by atoms with Gasteiger partial charge in [-0.05, 0) is 98.9 Å². The zero-order valence-electron chi connectivity index (χ0n) is 34.2. The molecule has 2 aromatic heterocycles. The van der Waals surface area contributed by atoms with Crippen molar-refractivity contribution in [1.82, 2.24) is 9.97 Å². The van der Waals surface area contributed by atoms with Gasteiger partial charge in [0.1, 0.15) is 24.0 Å². The van der Waals surface area contributed by atoms with Gasteiger partial charge in [-0.25, -0.2) is 0 Å². The van der Waals surface area contributed by atoms with E-state index in [-0.39, 0.29) is 23.8 Å². The lowest BCUT2D eigenvalue weighted by atomic mass is 9.70. The minimum Gasteiger partial charge on any atom is -0.389 e. The van der Waals surface area contributed by atoms with E-state index in [1.807, 2.05) is 37.3 Å². The van der Waals surface area contributed by atoms with Gasteiger partial charge in [0.25, 0.3) is 0 Å². The average molecular weight is 791 g/mol. The lowest BCUT2D eigenvalue weighted by Crippen LogP contribution is -2.65. The zero-order valence-corrected chi connectivity index (χ0v) is 34.2. The first-order chi connectivity index (χ1) is 27.7. The number of rotatable bonds is 10. The third-order valence-electron chi connectivity index (χ3n) is 12.4. The number of hydrogen-bond donors (Lipinski definition) is 5. The minimum atomic E-state index is -1.77. The number of nitrogens with one attached hydrogen (secondary N) is 2. The number of aromatic nitrogens is 2. The molecular formula is C46H54N4O8. The summed E-state index contributed by atoms with van der Waals surface area (Å²) in [6, 6.07) is 7.40. The maximum Gasteiger partial charge on any atom is 0.194 e. The molecule has 12 heteroatoms. The second-order valence-corrected chi connectivity index (χ2v) is 16.7. The summed E-state index contributed by atoms with van der Waals surface area (Å²) < 4.78 is 26.5. The van der Waals surface area contributed by atoms with Gasteiger partial charge in [-0.15, -0.1) is 0 Å². The Hall–Kier alpha value is -4.63.